The Labute approximate surface area is 227 Å². The first-order chi connectivity index (χ1) is 16.8. The number of carbonyl (C=O) groups excluding carboxylic acids is 1. The summed E-state index contributed by atoms with van der Waals surface area (Å²) in [6.07, 6.45) is 1.50. The molecule has 3 aromatic carbocycles. The summed E-state index contributed by atoms with van der Waals surface area (Å²) in [5.41, 5.74) is 1.92. The molecule has 0 saturated carbocycles. The molecule has 0 saturated heterocycles. The molecule has 0 atom stereocenters. The number of methoxy groups -OCH3 is 1. The fraction of sp³-hybridized carbons (Fsp3) is 0.154. The molecule has 0 aliphatic carbocycles. The number of ether oxygens (including phenoxy) is 3. The van der Waals surface area contributed by atoms with Gasteiger partial charge in [-0.05, 0) is 89.7 Å². The molecule has 0 radical (unpaired) electrons. The number of carbonyl (C=O) groups is 1. The molecule has 0 spiro atoms. The largest absolute Gasteiger partial charge is 0.493 e. The molecule has 3 aromatic rings. The molecule has 0 fully saturated rings. The predicted octanol–water partition coefficient (Wildman–Crippen LogP) is 7.13. The van der Waals surface area contributed by atoms with E-state index in [1.54, 1.807) is 48.5 Å². The smallest absolute Gasteiger partial charge is 0.266 e. The summed E-state index contributed by atoms with van der Waals surface area (Å²) < 4.78 is 17.6. The van der Waals surface area contributed by atoms with E-state index in [0.717, 1.165) is 9.13 Å². The summed E-state index contributed by atoms with van der Waals surface area (Å²) in [5, 5.41) is 13.4. The van der Waals surface area contributed by atoms with Crippen LogP contribution in [-0.2, 0) is 11.4 Å². The Hall–Kier alpha value is -2.93. The van der Waals surface area contributed by atoms with Crippen molar-refractivity contribution in [3.63, 3.8) is 0 Å². The van der Waals surface area contributed by atoms with Gasteiger partial charge in [-0.3, -0.25) is 4.79 Å². The quantitative estimate of drug-likeness (QED) is 0.156. The molecule has 0 unspecified atom stereocenters. The lowest BCUT2D eigenvalue weighted by Crippen LogP contribution is -2.13. The van der Waals surface area contributed by atoms with Gasteiger partial charge >= 0.3 is 0 Å². The first kappa shape index (κ1) is 26.7. The molecule has 0 aliphatic heterocycles. The van der Waals surface area contributed by atoms with Crippen molar-refractivity contribution in [3.05, 3.63) is 84.9 Å². The Kier molecular flexibility index (Phi) is 9.66. The Balaban J connectivity index is 1.68. The van der Waals surface area contributed by atoms with Crippen molar-refractivity contribution in [1.82, 2.24) is 0 Å². The second kappa shape index (κ2) is 12.7. The van der Waals surface area contributed by atoms with Gasteiger partial charge in [0.25, 0.3) is 5.91 Å². The van der Waals surface area contributed by atoms with Crippen molar-refractivity contribution in [2.45, 2.75) is 13.5 Å². The third-order valence-electron chi connectivity index (χ3n) is 4.74. The SMILES string of the molecule is CCOc1c(I)cc(/C=C(\C#N)C(=O)Nc2ccc(OCc3ccc(Cl)cc3Cl)cc2)cc1OC. The summed E-state index contributed by atoms with van der Waals surface area (Å²) in [6, 6.07) is 17.5. The topological polar surface area (TPSA) is 80.6 Å². The van der Waals surface area contributed by atoms with Crippen molar-refractivity contribution in [3.8, 4) is 23.3 Å². The molecular weight excluding hydrogens is 602 g/mol. The van der Waals surface area contributed by atoms with Crippen molar-refractivity contribution in [1.29, 1.82) is 5.26 Å². The van der Waals surface area contributed by atoms with Gasteiger partial charge in [0.2, 0.25) is 0 Å². The van der Waals surface area contributed by atoms with Crippen LogP contribution in [0, 0.1) is 14.9 Å². The number of anilines is 1. The summed E-state index contributed by atoms with van der Waals surface area (Å²) >= 11 is 14.2. The van der Waals surface area contributed by atoms with Crippen LogP contribution in [0.25, 0.3) is 6.08 Å². The molecule has 3 rings (SSSR count). The molecule has 1 N–H and O–H groups in total. The molecule has 1 amide bonds. The third kappa shape index (κ3) is 7.28. The van der Waals surface area contributed by atoms with Gasteiger partial charge in [-0.2, -0.15) is 5.26 Å². The number of nitrogens with one attached hydrogen (secondary N) is 1. The van der Waals surface area contributed by atoms with Crippen molar-refractivity contribution in [2.24, 2.45) is 0 Å². The van der Waals surface area contributed by atoms with Crippen molar-refractivity contribution < 1.29 is 19.0 Å². The highest BCUT2D eigenvalue weighted by Gasteiger charge is 2.14. The van der Waals surface area contributed by atoms with Crippen molar-refractivity contribution >= 4 is 63.5 Å². The fourth-order valence-electron chi connectivity index (χ4n) is 3.06. The van der Waals surface area contributed by atoms with Crippen LogP contribution in [-0.4, -0.2) is 19.6 Å². The molecule has 180 valence electrons. The summed E-state index contributed by atoms with van der Waals surface area (Å²) in [6.45, 7) is 2.65. The second-order valence-electron chi connectivity index (χ2n) is 7.14. The maximum atomic E-state index is 12.7. The number of amides is 1. The number of benzene rings is 3. The maximum Gasteiger partial charge on any atom is 0.266 e. The maximum absolute atomic E-state index is 12.7. The lowest BCUT2D eigenvalue weighted by Gasteiger charge is -2.12. The molecule has 9 heteroatoms. The minimum absolute atomic E-state index is 0.0512. The zero-order chi connectivity index (χ0) is 25.4. The van der Waals surface area contributed by atoms with Crippen LogP contribution in [0.5, 0.6) is 17.2 Å². The second-order valence-corrected chi connectivity index (χ2v) is 9.15. The van der Waals surface area contributed by atoms with Gasteiger partial charge in [-0.25, -0.2) is 0 Å². The van der Waals surface area contributed by atoms with E-state index >= 15 is 0 Å². The van der Waals surface area contributed by atoms with Crippen LogP contribution >= 0.6 is 45.8 Å². The molecule has 0 bridgehead atoms. The van der Waals surface area contributed by atoms with E-state index in [2.05, 4.69) is 27.9 Å². The van der Waals surface area contributed by atoms with E-state index in [1.807, 2.05) is 19.1 Å². The minimum Gasteiger partial charge on any atom is -0.493 e. The van der Waals surface area contributed by atoms with Crippen LogP contribution in [0.1, 0.15) is 18.1 Å². The first-order valence-electron chi connectivity index (χ1n) is 10.4. The van der Waals surface area contributed by atoms with Gasteiger partial charge in [0.05, 0.1) is 17.3 Å². The Morgan fingerprint density at radius 2 is 1.86 bits per heavy atom. The lowest BCUT2D eigenvalue weighted by molar-refractivity contribution is -0.112. The van der Waals surface area contributed by atoms with E-state index in [1.165, 1.54) is 13.2 Å². The highest BCUT2D eigenvalue weighted by molar-refractivity contribution is 14.1. The highest BCUT2D eigenvalue weighted by atomic mass is 127. The number of hydrogen-bond donors (Lipinski definition) is 1. The van der Waals surface area contributed by atoms with Gasteiger partial charge in [0, 0.05) is 21.3 Å². The fourth-order valence-corrected chi connectivity index (χ4v) is 4.30. The molecule has 35 heavy (non-hydrogen) atoms. The number of nitriles is 1. The third-order valence-corrected chi connectivity index (χ3v) is 6.13. The van der Waals surface area contributed by atoms with Gasteiger partial charge in [-0.1, -0.05) is 29.3 Å². The number of rotatable bonds is 9. The van der Waals surface area contributed by atoms with Crippen LogP contribution in [0.4, 0.5) is 5.69 Å². The molecular formula is C26H21Cl2IN2O4. The van der Waals surface area contributed by atoms with Crippen LogP contribution in [0.2, 0.25) is 10.0 Å². The van der Waals surface area contributed by atoms with E-state index in [4.69, 9.17) is 37.4 Å². The zero-order valence-electron chi connectivity index (χ0n) is 18.9. The highest BCUT2D eigenvalue weighted by Crippen LogP contribution is 2.34. The number of nitrogens with zero attached hydrogens (tertiary/aromatic N) is 1. The normalized spacial score (nSPS) is 10.9. The number of halogens is 3. The predicted molar refractivity (Wildman–Crippen MR) is 146 cm³/mol. The van der Waals surface area contributed by atoms with E-state index in [9.17, 15) is 10.1 Å². The lowest BCUT2D eigenvalue weighted by atomic mass is 10.1. The zero-order valence-corrected chi connectivity index (χ0v) is 22.6. The van der Waals surface area contributed by atoms with E-state index < -0.39 is 5.91 Å². The van der Waals surface area contributed by atoms with Gasteiger partial charge in [0.1, 0.15) is 24.0 Å². The summed E-state index contributed by atoms with van der Waals surface area (Å²) in [7, 11) is 1.54. The summed E-state index contributed by atoms with van der Waals surface area (Å²) in [4.78, 5) is 12.7. The average Bonchev–Trinajstić information content (AvgIpc) is 2.84. The van der Waals surface area contributed by atoms with E-state index in [-0.39, 0.29) is 12.2 Å². The van der Waals surface area contributed by atoms with Crippen LogP contribution < -0.4 is 19.5 Å². The van der Waals surface area contributed by atoms with Crippen molar-refractivity contribution in [2.75, 3.05) is 19.0 Å². The van der Waals surface area contributed by atoms with Gasteiger partial charge in [-0.15, -0.1) is 0 Å². The number of hydrogen-bond acceptors (Lipinski definition) is 5. The molecule has 0 aromatic heterocycles. The summed E-state index contributed by atoms with van der Waals surface area (Å²) in [5.74, 6) is 1.22. The average molecular weight is 623 g/mol. The van der Waals surface area contributed by atoms with Gasteiger partial charge in [0.15, 0.2) is 11.5 Å². The Morgan fingerprint density at radius 1 is 1.11 bits per heavy atom. The Morgan fingerprint density at radius 3 is 2.49 bits per heavy atom. The van der Waals surface area contributed by atoms with Crippen LogP contribution in [0.3, 0.4) is 0 Å². The van der Waals surface area contributed by atoms with Crippen LogP contribution in [0.15, 0.2) is 60.2 Å². The first-order valence-corrected chi connectivity index (χ1v) is 12.3. The monoisotopic (exact) mass is 622 g/mol. The molecule has 6 nitrogen and oxygen atoms in total. The Bertz CT molecular complexity index is 1290. The molecule has 0 aliphatic rings. The van der Waals surface area contributed by atoms with Gasteiger partial charge < -0.3 is 19.5 Å². The molecule has 0 heterocycles. The minimum atomic E-state index is -0.531. The van der Waals surface area contributed by atoms with E-state index in [0.29, 0.717) is 45.2 Å². The standard InChI is InChI=1S/C26H21Cl2IN2O4/c1-3-34-25-23(29)11-16(12-24(25)33-2)10-18(14-30)26(32)31-20-6-8-21(9-7-20)35-15-17-4-5-19(27)13-22(17)28/h4-13H,3,15H2,1-2H3,(H,31,32)/b18-10+.